The molecule has 2 aliphatic heterocycles. The zero-order chi connectivity index (χ0) is 18.4. The maximum absolute atomic E-state index is 14.3. The van der Waals surface area contributed by atoms with Gasteiger partial charge in [0.1, 0.15) is 0 Å². The van der Waals surface area contributed by atoms with Crippen molar-refractivity contribution in [2.45, 2.75) is 25.7 Å². The molecule has 0 bridgehead atoms. The summed E-state index contributed by atoms with van der Waals surface area (Å²) in [6, 6.07) is 5.00. The van der Waals surface area contributed by atoms with Gasteiger partial charge in [-0.2, -0.15) is 0 Å². The number of hydrogen-bond acceptors (Lipinski definition) is 4. The Bertz CT molecular complexity index is 600. The molecule has 2 fully saturated rings. The van der Waals surface area contributed by atoms with Gasteiger partial charge in [0.05, 0.1) is 6.61 Å². The van der Waals surface area contributed by atoms with Crippen molar-refractivity contribution in [3.8, 4) is 5.75 Å². The molecule has 6 nitrogen and oxygen atoms in total. The summed E-state index contributed by atoms with van der Waals surface area (Å²) in [6.45, 7) is 5.87. The minimum Gasteiger partial charge on any atom is -0.490 e. The fourth-order valence-electron chi connectivity index (χ4n) is 3.61. The summed E-state index contributed by atoms with van der Waals surface area (Å²) >= 11 is 0. The van der Waals surface area contributed by atoms with Crippen LogP contribution in [-0.2, 0) is 0 Å². The zero-order valence-electron chi connectivity index (χ0n) is 15.2. The highest BCUT2D eigenvalue weighted by Crippen LogP contribution is 2.25. The smallest absolute Gasteiger partial charge is 0.407 e. The Morgan fingerprint density at radius 1 is 1.08 bits per heavy atom. The van der Waals surface area contributed by atoms with E-state index >= 15 is 0 Å². The number of piperazine rings is 1. The van der Waals surface area contributed by atoms with Gasteiger partial charge in [0, 0.05) is 44.5 Å². The van der Waals surface area contributed by atoms with E-state index in [-0.39, 0.29) is 11.6 Å². The molecule has 0 atom stereocenters. The predicted molar refractivity (Wildman–Crippen MR) is 98.6 cm³/mol. The molecule has 0 aliphatic carbocycles. The van der Waals surface area contributed by atoms with Crippen LogP contribution in [0.4, 0.5) is 14.9 Å². The molecule has 26 heavy (non-hydrogen) atoms. The summed E-state index contributed by atoms with van der Waals surface area (Å²) in [4.78, 5) is 16.8. The van der Waals surface area contributed by atoms with E-state index < -0.39 is 6.09 Å². The van der Waals surface area contributed by atoms with Crippen LogP contribution in [0.5, 0.6) is 5.75 Å². The Balaban J connectivity index is 1.44. The molecule has 1 N–H and O–H groups in total. The van der Waals surface area contributed by atoms with E-state index in [0.29, 0.717) is 32.8 Å². The van der Waals surface area contributed by atoms with Crippen LogP contribution in [0.3, 0.4) is 0 Å². The molecule has 0 unspecified atom stereocenters. The van der Waals surface area contributed by atoms with Gasteiger partial charge in [-0.25, -0.2) is 9.18 Å². The van der Waals surface area contributed by atoms with Crippen LogP contribution in [0.1, 0.15) is 25.7 Å². The van der Waals surface area contributed by atoms with Crippen molar-refractivity contribution < 1.29 is 19.0 Å². The van der Waals surface area contributed by atoms with Crippen LogP contribution in [0.25, 0.3) is 0 Å². The summed E-state index contributed by atoms with van der Waals surface area (Å²) in [5.41, 5.74) is 0.771. The number of piperidine rings is 1. The predicted octanol–water partition coefficient (Wildman–Crippen LogP) is 2.88. The lowest BCUT2D eigenvalue weighted by atomic mass is 10.1. The lowest BCUT2D eigenvalue weighted by molar-refractivity contribution is 0.142. The van der Waals surface area contributed by atoms with Crippen LogP contribution >= 0.6 is 0 Å². The zero-order valence-corrected chi connectivity index (χ0v) is 15.2. The highest BCUT2D eigenvalue weighted by atomic mass is 19.1. The Morgan fingerprint density at radius 3 is 2.46 bits per heavy atom. The number of hydrogen-bond donors (Lipinski definition) is 1. The highest BCUT2D eigenvalue weighted by molar-refractivity contribution is 5.65. The Hall–Kier alpha value is -2.02. The van der Waals surface area contributed by atoms with Gasteiger partial charge in [0.2, 0.25) is 0 Å². The van der Waals surface area contributed by atoms with E-state index in [9.17, 15) is 9.18 Å². The summed E-state index contributed by atoms with van der Waals surface area (Å²) in [6.07, 6.45) is 3.88. The Labute approximate surface area is 154 Å². The molecule has 0 aromatic heterocycles. The Kier molecular flexibility index (Phi) is 6.55. The van der Waals surface area contributed by atoms with Crippen molar-refractivity contribution in [2.75, 3.05) is 57.3 Å². The van der Waals surface area contributed by atoms with E-state index in [2.05, 4.69) is 4.90 Å². The first-order valence-corrected chi connectivity index (χ1v) is 9.51. The minimum atomic E-state index is -0.899. The van der Waals surface area contributed by atoms with Gasteiger partial charge < -0.3 is 24.5 Å². The van der Waals surface area contributed by atoms with Crippen LogP contribution in [0.2, 0.25) is 0 Å². The molecule has 1 aromatic carbocycles. The fraction of sp³-hybridized carbons (Fsp3) is 0.632. The molecule has 2 aliphatic rings. The van der Waals surface area contributed by atoms with Crippen molar-refractivity contribution >= 4 is 11.8 Å². The number of carbonyl (C=O) groups is 1. The maximum Gasteiger partial charge on any atom is 0.407 e. The standard InChI is InChI=1S/C19H28FN3O3/c20-17-15-16(22-10-12-23(13-11-22)19(24)25)5-6-18(17)26-14-4-9-21-7-2-1-3-8-21/h5-6,15H,1-4,7-14H2,(H,24,25). The third-order valence-corrected chi connectivity index (χ3v) is 5.16. The van der Waals surface area contributed by atoms with Gasteiger partial charge in [-0.05, 0) is 44.5 Å². The fourth-order valence-corrected chi connectivity index (χ4v) is 3.61. The minimum absolute atomic E-state index is 0.288. The average Bonchev–Trinajstić information content (AvgIpc) is 2.67. The summed E-state index contributed by atoms with van der Waals surface area (Å²) in [7, 11) is 0. The van der Waals surface area contributed by atoms with E-state index in [1.54, 1.807) is 6.07 Å². The molecular formula is C19H28FN3O3. The molecule has 2 heterocycles. The lowest BCUT2D eigenvalue weighted by Gasteiger charge is -2.34. The molecule has 0 saturated carbocycles. The number of anilines is 1. The molecule has 144 valence electrons. The van der Waals surface area contributed by atoms with Gasteiger partial charge in [-0.15, -0.1) is 0 Å². The third-order valence-electron chi connectivity index (χ3n) is 5.16. The number of rotatable bonds is 6. The van der Waals surface area contributed by atoms with E-state index in [1.807, 2.05) is 11.0 Å². The monoisotopic (exact) mass is 365 g/mol. The number of ether oxygens (including phenoxy) is 1. The largest absolute Gasteiger partial charge is 0.490 e. The summed E-state index contributed by atoms with van der Waals surface area (Å²) < 4.78 is 19.9. The molecule has 1 aromatic rings. The average molecular weight is 365 g/mol. The van der Waals surface area contributed by atoms with Crippen LogP contribution < -0.4 is 9.64 Å². The van der Waals surface area contributed by atoms with E-state index in [0.717, 1.165) is 31.7 Å². The van der Waals surface area contributed by atoms with Crippen LogP contribution in [0, 0.1) is 5.82 Å². The second-order valence-electron chi connectivity index (χ2n) is 6.98. The van der Waals surface area contributed by atoms with E-state index in [4.69, 9.17) is 9.84 Å². The van der Waals surface area contributed by atoms with Crippen molar-refractivity contribution in [1.29, 1.82) is 0 Å². The molecule has 7 heteroatoms. The SMILES string of the molecule is O=C(O)N1CCN(c2ccc(OCCCN3CCCCC3)c(F)c2)CC1. The summed E-state index contributed by atoms with van der Waals surface area (Å²) in [5.74, 6) is -0.0716. The normalized spacial score (nSPS) is 18.8. The quantitative estimate of drug-likeness (QED) is 0.786. The van der Waals surface area contributed by atoms with Crippen molar-refractivity contribution in [2.24, 2.45) is 0 Å². The second kappa shape index (κ2) is 9.07. The first-order chi connectivity index (χ1) is 12.6. The third kappa shape index (κ3) is 5.00. The first-order valence-electron chi connectivity index (χ1n) is 9.51. The number of carboxylic acid groups (broad SMARTS) is 1. The van der Waals surface area contributed by atoms with Crippen LogP contribution in [-0.4, -0.2) is 73.4 Å². The number of benzene rings is 1. The van der Waals surface area contributed by atoms with Crippen molar-refractivity contribution in [1.82, 2.24) is 9.80 Å². The van der Waals surface area contributed by atoms with Gasteiger partial charge in [-0.1, -0.05) is 6.42 Å². The van der Waals surface area contributed by atoms with Gasteiger partial charge in [0.15, 0.2) is 11.6 Å². The van der Waals surface area contributed by atoms with E-state index in [1.165, 1.54) is 30.2 Å². The Morgan fingerprint density at radius 2 is 1.81 bits per heavy atom. The molecule has 2 saturated heterocycles. The van der Waals surface area contributed by atoms with Crippen molar-refractivity contribution in [3.05, 3.63) is 24.0 Å². The van der Waals surface area contributed by atoms with Gasteiger partial charge in [-0.3, -0.25) is 0 Å². The molecule has 3 rings (SSSR count). The number of amides is 1. The highest BCUT2D eigenvalue weighted by Gasteiger charge is 2.21. The maximum atomic E-state index is 14.3. The summed E-state index contributed by atoms with van der Waals surface area (Å²) in [5, 5.41) is 8.99. The molecule has 1 amide bonds. The number of likely N-dealkylation sites (tertiary alicyclic amines) is 1. The number of halogens is 1. The first kappa shape index (κ1) is 18.8. The number of nitrogens with zero attached hydrogens (tertiary/aromatic N) is 3. The second-order valence-corrected chi connectivity index (χ2v) is 6.98. The lowest BCUT2D eigenvalue weighted by Crippen LogP contribution is -2.48. The van der Waals surface area contributed by atoms with Crippen molar-refractivity contribution in [3.63, 3.8) is 0 Å². The molecule has 0 spiro atoms. The van der Waals surface area contributed by atoms with Crippen LogP contribution in [0.15, 0.2) is 18.2 Å². The molecule has 0 radical (unpaired) electrons. The van der Waals surface area contributed by atoms with Gasteiger partial charge in [0.25, 0.3) is 0 Å². The molecular weight excluding hydrogens is 337 g/mol. The van der Waals surface area contributed by atoms with Gasteiger partial charge >= 0.3 is 6.09 Å². The topological polar surface area (TPSA) is 56.3 Å².